The van der Waals surface area contributed by atoms with Crippen molar-refractivity contribution < 1.29 is 0 Å². The van der Waals surface area contributed by atoms with Gasteiger partial charge >= 0.3 is 76.9 Å². The Labute approximate surface area is 76.4 Å². The van der Waals surface area contributed by atoms with Crippen LogP contribution in [0.2, 0.25) is 20.9 Å². The van der Waals surface area contributed by atoms with Crippen molar-refractivity contribution in [2.75, 3.05) is 4.59 Å². The fourth-order valence-corrected chi connectivity index (χ4v) is 83.6. The predicted octanol–water partition coefficient (Wildman–Crippen LogP) is 3.22. The summed E-state index contributed by atoms with van der Waals surface area (Å²) in [5, 5.41) is 1.32. The Kier molecular flexibility index (Phi) is 3.17. The van der Waals surface area contributed by atoms with Crippen LogP contribution in [-0.2, 0) is 0 Å². The quantitative estimate of drug-likeness (QED) is 0.670. The zero-order valence-electron chi connectivity index (χ0n) is 6.91. The van der Waals surface area contributed by atoms with Gasteiger partial charge in [-0.15, -0.1) is 0 Å². The van der Waals surface area contributed by atoms with Crippen LogP contribution in [0.1, 0.15) is 6.92 Å². The van der Waals surface area contributed by atoms with Gasteiger partial charge in [0.05, 0.1) is 0 Å². The molecule has 1 aliphatic heterocycles. The first-order valence-corrected chi connectivity index (χ1v) is 20.2. The summed E-state index contributed by atoms with van der Waals surface area (Å²) in [6.45, 7) is 2.28. The molecule has 1 atom stereocenters. The predicted molar refractivity (Wildman–Crippen MR) is 56.8 cm³/mol. The van der Waals surface area contributed by atoms with E-state index in [1.165, 1.54) is 13.9 Å². The van der Waals surface area contributed by atoms with E-state index in [1.807, 2.05) is 0 Å². The summed E-state index contributed by atoms with van der Waals surface area (Å²) in [6, 6.07) is 0. The average molecular weight is 300 g/mol. The van der Waals surface area contributed by atoms with Gasteiger partial charge in [-0.05, 0) is 0 Å². The van der Waals surface area contributed by atoms with Crippen LogP contribution in [0, 0.1) is 0 Å². The Morgan fingerprint density at radius 3 is 2.30 bits per heavy atom. The standard InChI is InChI=1S/C6H15ClGe2S/c1-4-9(7)5-8(2,3)6-10-9/h4-6H2,1-3H3. The van der Waals surface area contributed by atoms with E-state index in [-0.39, 0.29) is 0 Å². The number of hydrogen-bond donors (Lipinski definition) is 0. The molecule has 0 aromatic rings. The van der Waals surface area contributed by atoms with Crippen molar-refractivity contribution in [3.63, 3.8) is 0 Å². The molecule has 0 radical (unpaired) electrons. The first kappa shape index (κ1) is 9.81. The maximum absolute atomic E-state index is 6.54. The minimum absolute atomic E-state index is 1.25. The van der Waals surface area contributed by atoms with E-state index in [4.69, 9.17) is 10.0 Å². The zero-order valence-corrected chi connectivity index (χ0v) is 12.7. The van der Waals surface area contributed by atoms with E-state index in [2.05, 4.69) is 28.5 Å². The SMILES string of the molecule is C[CH2][Ge]1([Cl])[CH2][Ge]([CH3])([CH3])[CH2][S]1. The zero-order chi connectivity index (χ0) is 7.83. The van der Waals surface area contributed by atoms with Gasteiger partial charge in [0.25, 0.3) is 0 Å². The summed E-state index contributed by atoms with van der Waals surface area (Å²) in [4.78, 5) is 0. The van der Waals surface area contributed by atoms with Crippen LogP contribution < -0.4 is 0 Å². The molecule has 1 rings (SSSR count). The minimum atomic E-state index is -1.70. The van der Waals surface area contributed by atoms with Gasteiger partial charge in [-0.2, -0.15) is 0 Å². The van der Waals surface area contributed by atoms with Crippen LogP contribution in [0.15, 0.2) is 0 Å². The van der Waals surface area contributed by atoms with Crippen molar-refractivity contribution in [2.45, 2.75) is 27.8 Å². The Bertz CT molecular complexity index is 140. The van der Waals surface area contributed by atoms with Crippen molar-refractivity contribution in [2.24, 2.45) is 0 Å². The first-order chi connectivity index (χ1) is 4.47. The molecule has 0 aromatic heterocycles. The van der Waals surface area contributed by atoms with Gasteiger partial charge in [0, 0.05) is 0 Å². The Morgan fingerprint density at radius 1 is 1.50 bits per heavy atom. The Morgan fingerprint density at radius 2 is 2.10 bits per heavy atom. The molecule has 0 spiro atoms. The van der Waals surface area contributed by atoms with Crippen LogP contribution >= 0.6 is 20.1 Å². The third kappa shape index (κ3) is 2.36. The second kappa shape index (κ2) is 3.23. The van der Waals surface area contributed by atoms with Gasteiger partial charge in [-0.25, -0.2) is 0 Å². The molecular weight excluding hydrogens is 285 g/mol. The van der Waals surface area contributed by atoms with E-state index < -0.39 is 24.5 Å². The summed E-state index contributed by atoms with van der Waals surface area (Å²) in [5.74, 6) is 5.05. The molecule has 0 bridgehead atoms. The molecule has 0 aliphatic carbocycles. The summed E-state index contributed by atoms with van der Waals surface area (Å²) < 4.78 is 3.01. The summed E-state index contributed by atoms with van der Waals surface area (Å²) in [7, 11) is 8.72. The molecule has 1 heterocycles. The molecular formula is C6H15ClGe2S. The molecule has 10 heavy (non-hydrogen) atoms. The van der Waals surface area contributed by atoms with E-state index in [9.17, 15) is 0 Å². The van der Waals surface area contributed by atoms with E-state index >= 15 is 0 Å². The fourth-order valence-electron chi connectivity index (χ4n) is 1.37. The molecule has 4 heteroatoms. The van der Waals surface area contributed by atoms with Gasteiger partial charge in [0.1, 0.15) is 0 Å². The van der Waals surface area contributed by atoms with Crippen LogP contribution in [0.4, 0.5) is 0 Å². The van der Waals surface area contributed by atoms with Gasteiger partial charge in [-0.3, -0.25) is 0 Å². The van der Waals surface area contributed by atoms with Gasteiger partial charge in [-0.1, -0.05) is 0 Å². The van der Waals surface area contributed by atoms with Crippen LogP contribution in [0.25, 0.3) is 0 Å². The molecule has 1 saturated heterocycles. The molecule has 0 aromatic carbocycles. The third-order valence-corrected chi connectivity index (χ3v) is 50.9. The van der Waals surface area contributed by atoms with Gasteiger partial charge < -0.3 is 0 Å². The average Bonchev–Trinajstić information content (AvgIpc) is 2.08. The molecule has 1 fully saturated rings. The maximum atomic E-state index is 6.54. The Hall–Kier alpha value is 1.73. The normalized spacial score (nSPS) is 38.4. The number of halogens is 1. The monoisotopic (exact) mass is 302 g/mol. The van der Waals surface area contributed by atoms with Crippen LogP contribution in [0.3, 0.4) is 0 Å². The number of rotatable bonds is 1. The van der Waals surface area contributed by atoms with Gasteiger partial charge in [0.15, 0.2) is 0 Å². The topological polar surface area (TPSA) is 0 Å². The first-order valence-electron chi connectivity index (χ1n) is 3.80. The van der Waals surface area contributed by atoms with E-state index in [0.29, 0.717) is 0 Å². The third-order valence-electron chi connectivity index (χ3n) is 1.99. The van der Waals surface area contributed by atoms with E-state index in [0.717, 1.165) is 0 Å². The fraction of sp³-hybridized carbons (Fsp3) is 1.00. The Balaban J connectivity index is 2.57. The molecule has 0 saturated carbocycles. The van der Waals surface area contributed by atoms with Crippen LogP contribution in [-0.4, -0.2) is 29.0 Å². The molecule has 1 unspecified atom stereocenters. The van der Waals surface area contributed by atoms with Gasteiger partial charge in [0.2, 0.25) is 0 Å². The molecule has 0 nitrogen and oxygen atoms in total. The molecule has 60 valence electrons. The van der Waals surface area contributed by atoms with Crippen molar-refractivity contribution in [1.29, 1.82) is 0 Å². The van der Waals surface area contributed by atoms with E-state index in [1.54, 1.807) is 0 Å². The van der Waals surface area contributed by atoms with Crippen molar-refractivity contribution in [3.8, 4) is 0 Å². The molecule has 0 amide bonds. The second-order valence-electron chi connectivity index (χ2n) is 3.87. The van der Waals surface area contributed by atoms with Crippen molar-refractivity contribution in [3.05, 3.63) is 0 Å². The van der Waals surface area contributed by atoms with Crippen molar-refractivity contribution >= 4 is 44.6 Å². The summed E-state index contributed by atoms with van der Waals surface area (Å²) in [6.07, 6.45) is 0. The van der Waals surface area contributed by atoms with Crippen LogP contribution in [0.5, 0.6) is 0 Å². The number of hydrogen-bond acceptors (Lipinski definition) is 1. The molecule has 1 aliphatic rings. The molecule has 0 N–H and O–H groups in total. The second-order valence-corrected chi connectivity index (χ2v) is 35.9. The van der Waals surface area contributed by atoms with Crippen molar-refractivity contribution in [1.82, 2.24) is 0 Å². The summed E-state index contributed by atoms with van der Waals surface area (Å²) in [5.41, 5.74) is 0. The summed E-state index contributed by atoms with van der Waals surface area (Å²) >= 11 is -2.95.